The molecule has 1 aliphatic heterocycles. The molecule has 6 nitrogen and oxygen atoms in total. The molecular formula is C20H23N5OS. The van der Waals surface area contributed by atoms with Gasteiger partial charge in [-0.2, -0.15) is 0 Å². The number of carbonyl (C=O) groups is 1. The van der Waals surface area contributed by atoms with Crippen LogP contribution in [0.15, 0.2) is 42.7 Å². The van der Waals surface area contributed by atoms with Gasteiger partial charge in [0.2, 0.25) is 5.91 Å². The monoisotopic (exact) mass is 381 g/mol. The smallest absolute Gasteiger partial charge is 0.242 e. The minimum atomic E-state index is 0.121. The molecular weight excluding hydrogens is 358 g/mol. The normalized spacial score (nSPS) is 15.2. The van der Waals surface area contributed by atoms with Gasteiger partial charge in [-0.25, -0.2) is 9.97 Å². The fraction of sp³-hybridized carbons (Fsp3) is 0.350. The number of likely N-dealkylation sites (N-methyl/N-ethyl adjacent to an activating group) is 1. The van der Waals surface area contributed by atoms with E-state index in [0.717, 1.165) is 59.2 Å². The predicted octanol–water partition coefficient (Wildman–Crippen LogP) is 2.93. The van der Waals surface area contributed by atoms with Crippen molar-refractivity contribution >= 4 is 33.3 Å². The van der Waals surface area contributed by atoms with Crippen molar-refractivity contribution in [3.63, 3.8) is 0 Å². The van der Waals surface area contributed by atoms with Gasteiger partial charge in [-0.05, 0) is 18.2 Å². The Kier molecular flexibility index (Phi) is 5.31. The van der Waals surface area contributed by atoms with Gasteiger partial charge in [0.15, 0.2) is 0 Å². The third kappa shape index (κ3) is 3.94. The molecule has 1 N–H and O–H groups in total. The zero-order chi connectivity index (χ0) is 18.6. The number of amides is 1. The fourth-order valence-electron chi connectivity index (χ4n) is 3.33. The molecule has 3 heterocycles. The molecule has 140 valence electrons. The van der Waals surface area contributed by atoms with Gasteiger partial charge in [0.25, 0.3) is 0 Å². The van der Waals surface area contributed by atoms with Gasteiger partial charge in [0.1, 0.15) is 17.0 Å². The van der Waals surface area contributed by atoms with Gasteiger partial charge in [0.05, 0.1) is 11.9 Å². The highest BCUT2D eigenvalue weighted by atomic mass is 32.1. The Hall–Kier alpha value is -2.51. The lowest BCUT2D eigenvalue weighted by atomic mass is 10.2. The van der Waals surface area contributed by atoms with Crippen LogP contribution in [0.5, 0.6) is 0 Å². The van der Waals surface area contributed by atoms with Crippen LogP contribution in [0.1, 0.15) is 6.92 Å². The molecule has 0 unspecified atom stereocenters. The van der Waals surface area contributed by atoms with Crippen molar-refractivity contribution in [3.8, 4) is 10.4 Å². The molecule has 1 saturated heterocycles. The molecule has 27 heavy (non-hydrogen) atoms. The standard InChI is InChI=1S/C20H23N5OS/c1-2-24-8-10-25(11-9-24)18(26)13-21-19-16-12-17(15-6-4-3-5-7-15)27-20(16)23-14-22-19/h3-7,12,14H,2,8-11,13H2,1H3,(H,21,22,23). The number of fused-ring (bicyclic) bond motifs is 1. The summed E-state index contributed by atoms with van der Waals surface area (Å²) in [6, 6.07) is 12.3. The maximum atomic E-state index is 12.5. The summed E-state index contributed by atoms with van der Waals surface area (Å²) in [5.74, 6) is 0.843. The Morgan fingerprint density at radius 1 is 1.15 bits per heavy atom. The quantitative estimate of drug-likeness (QED) is 0.736. The lowest BCUT2D eigenvalue weighted by Crippen LogP contribution is -2.49. The van der Waals surface area contributed by atoms with Crippen molar-refractivity contribution in [2.75, 3.05) is 44.6 Å². The third-order valence-electron chi connectivity index (χ3n) is 4.97. The van der Waals surface area contributed by atoms with Crippen molar-refractivity contribution < 1.29 is 4.79 Å². The highest BCUT2D eigenvalue weighted by Crippen LogP contribution is 2.34. The number of nitrogens with one attached hydrogen (secondary N) is 1. The average Bonchev–Trinajstić information content (AvgIpc) is 3.18. The SMILES string of the molecule is CCN1CCN(C(=O)CNc2ncnc3sc(-c4ccccc4)cc23)CC1. The van der Waals surface area contributed by atoms with Crippen molar-refractivity contribution in [2.24, 2.45) is 0 Å². The lowest BCUT2D eigenvalue weighted by molar-refractivity contribution is -0.131. The van der Waals surface area contributed by atoms with E-state index in [9.17, 15) is 4.79 Å². The Balaban J connectivity index is 1.46. The van der Waals surface area contributed by atoms with Crippen molar-refractivity contribution in [1.82, 2.24) is 19.8 Å². The van der Waals surface area contributed by atoms with E-state index in [0.29, 0.717) is 0 Å². The van der Waals surface area contributed by atoms with E-state index < -0.39 is 0 Å². The molecule has 7 heteroatoms. The van der Waals surface area contributed by atoms with Gasteiger partial charge in [-0.15, -0.1) is 11.3 Å². The summed E-state index contributed by atoms with van der Waals surface area (Å²) in [6.45, 7) is 6.95. The number of anilines is 1. The number of aromatic nitrogens is 2. The molecule has 1 fully saturated rings. The number of thiophene rings is 1. The topological polar surface area (TPSA) is 61.4 Å². The Morgan fingerprint density at radius 3 is 2.67 bits per heavy atom. The number of carbonyl (C=O) groups excluding carboxylic acids is 1. The summed E-state index contributed by atoms with van der Waals surface area (Å²) in [5, 5.41) is 4.19. The first-order valence-electron chi connectivity index (χ1n) is 9.28. The second-order valence-corrected chi connectivity index (χ2v) is 7.62. The number of rotatable bonds is 5. The second-order valence-electron chi connectivity index (χ2n) is 6.59. The summed E-state index contributed by atoms with van der Waals surface area (Å²) in [7, 11) is 0. The molecule has 0 saturated carbocycles. The van der Waals surface area contributed by atoms with Gasteiger partial charge < -0.3 is 15.1 Å². The third-order valence-corrected chi connectivity index (χ3v) is 6.06. The number of hydrogen-bond donors (Lipinski definition) is 1. The number of hydrogen-bond acceptors (Lipinski definition) is 6. The van der Waals surface area contributed by atoms with Gasteiger partial charge >= 0.3 is 0 Å². The zero-order valence-electron chi connectivity index (χ0n) is 15.4. The number of piperazine rings is 1. The van der Waals surface area contributed by atoms with Crippen LogP contribution in [0.2, 0.25) is 0 Å². The number of nitrogens with zero attached hydrogens (tertiary/aromatic N) is 4. The van der Waals surface area contributed by atoms with Crippen molar-refractivity contribution in [1.29, 1.82) is 0 Å². The maximum Gasteiger partial charge on any atom is 0.242 e. The summed E-state index contributed by atoms with van der Waals surface area (Å²) < 4.78 is 0. The van der Waals surface area contributed by atoms with Crippen LogP contribution in [0.3, 0.4) is 0 Å². The van der Waals surface area contributed by atoms with Crippen LogP contribution in [-0.4, -0.2) is 64.9 Å². The Morgan fingerprint density at radius 2 is 1.93 bits per heavy atom. The summed E-state index contributed by atoms with van der Waals surface area (Å²) in [5.41, 5.74) is 1.16. The van der Waals surface area contributed by atoms with E-state index in [1.165, 1.54) is 0 Å². The molecule has 0 atom stereocenters. The van der Waals surface area contributed by atoms with E-state index in [1.54, 1.807) is 17.7 Å². The van der Waals surface area contributed by atoms with Crippen LogP contribution in [0.25, 0.3) is 20.7 Å². The number of benzene rings is 1. The average molecular weight is 382 g/mol. The molecule has 1 amide bonds. The lowest BCUT2D eigenvalue weighted by Gasteiger charge is -2.34. The van der Waals surface area contributed by atoms with Crippen LogP contribution in [-0.2, 0) is 4.79 Å². The van der Waals surface area contributed by atoms with Gasteiger partial charge in [-0.1, -0.05) is 37.3 Å². The Bertz CT molecular complexity index is 919. The molecule has 1 aromatic carbocycles. The molecule has 2 aromatic heterocycles. The van der Waals surface area contributed by atoms with E-state index in [4.69, 9.17) is 0 Å². The Labute approximate surface area is 162 Å². The summed E-state index contributed by atoms with van der Waals surface area (Å²) in [6.07, 6.45) is 1.56. The first-order chi connectivity index (χ1) is 13.2. The molecule has 0 aliphatic carbocycles. The zero-order valence-corrected chi connectivity index (χ0v) is 16.2. The van der Waals surface area contributed by atoms with Crippen molar-refractivity contribution in [2.45, 2.75) is 6.92 Å². The van der Waals surface area contributed by atoms with E-state index in [-0.39, 0.29) is 12.5 Å². The molecule has 1 aliphatic rings. The van der Waals surface area contributed by atoms with E-state index >= 15 is 0 Å². The first kappa shape index (κ1) is 17.9. The minimum Gasteiger partial charge on any atom is -0.360 e. The first-order valence-corrected chi connectivity index (χ1v) is 10.1. The van der Waals surface area contributed by atoms with Crippen LogP contribution in [0.4, 0.5) is 5.82 Å². The molecule has 4 rings (SSSR count). The summed E-state index contributed by atoms with van der Waals surface area (Å²) in [4.78, 5) is 27.7. The predicted molar refractivity (Wildman–Crippen MR) is 110 cm³/mol. The van der Waals surface area contributed by atoms with Crippen LogP contribution in [0, 0.1) is 0 Å². The van der Waals surface area contributed by atoms with E-state index in [1.807, 2.05) is 23.1 Å². The van der Waals surface area contributed by atoms with Crippen LogP contribution < -0.4 is 5.32 Å². The fourth-order valence-corrected chi connectivity index (χ4v) is 4.33. The largest absolute Gasteiger partial charge is 0.360 e. The van der Waals surface area contributed by atoms with Gasteiger partial charge in [-0.3, -0.25) is 4.79 Å². The second kappa shape index (κ2) is 8.02. The molecule has 0 bridgehead atoms. The maximum absolute atomic E-state index is 12.5. The van der Waals surface area contributed by atoms with Gasteiger partial charge in [0, 0.05) is 31.1 Å². The molecule has 0 spiro atoms. The minimum absolute atomic E-state index is 0.121. The molecule has 3 aromatic rings. The van der Waals surface area contributed by atoms with Crippen molar-refractivity contribution in [3.05, 3.63) is 42.7 Å². The van der Waals surface area contributed by atoms with E-state index in [2.05, 4.69) is 45.3 Å². The molecule has 0 radical (unpaired) electrons. The highest BCUT2D eigenvalue weighted by molar-refractivity contribution is 7.21. The van der Waals surface area contributed by atoms with Crippen LogP contribution >= 0.6 is 11.3 Å². The highest BCUT2D eigenvalue weighted by Gasteiger charge is 2.20. The summed E-state index contributed by atoms with van der Waals surface area (Å²) >= 11 is 1.64.